The predicted molar refractivity (Wildman–Crippen MR) is 89.4 cm³/mol. The highest BCUT2D eigenvalue weighted by atomic mass is 16.2. The van der Waals surface area contributed by atoms with Gasteiger partial charge in [-0.1, -0.05) is 73.5 Å². The van der Waals surface area contributed by atoms with Gasteiger partial charge in [0, 0.05) is 11.1 Å². The van der Waals surface area contributed by atoms with Crippen LogP contribution in [0.5, 0.6) is 0 Å². The summed E-state index contributed by atoms with van der Waals surface area (Å²) in [5.74, 6) is 0.529. The van der Waals surface area contributed by atoms with Crippen LogP contribution in [-0.4, -0.2) is 11.6 Å². The van der Waals surface area contributed by atoms with Gasteiger partial charge >= 0.3 is 0 Å². The van der Waals surface area contributed by atoms with Gasteiger partial charge in [0.25, 0.3) is 0 Å². The fraction of sp³-hybridized carbons (Fsp3) is 0.333. The van der Waals surface area contributed by atoms with E-state index in [1.807, 2.05) is 60.7 Å². The molecular formula is C21H20O2. The zero-order chi connectivity index (χ0) is 15.9. The molecule has 0 radical (unpaired) electrons. The van der Waals surface area contributed by atoms with Crippen molar-refractivity contribution in [2.75, 3.05) is 0 Å². The zero-order valence-electron chi connectivity index (χ0n) is 13.1. The molecule has 0 unspecified atom stereocenters. The van der Waals surface area contributed by atoms with Crippen LogP contribution in [0.3, 0.4) is 0 Å². The molecule has 0 bridgehead atoms. The molecular weight excluding hydrogens is 284 g/mol. The summed E-state index contributed by atoms with van der Waals surface area (Å²) in [6.07, 6.45) is 4.27. The van der Waals surface area contributed by atoms with Gasteiger partial charge in [-0.25, -0.2) is 0 Å². The summed E-state index contributed by atoms with van der Waals surface area (Å²) in [6, 6.07) is 18.7. The zero-order valence-corrected chi connectivity index (χ0v) is 13.1. The first-order valence-corrected chi connectivity index (χ1v) is 8.46. The second-order valence-corrected chi connectivity index (χ2v) is 6.76. The molecule has 0 aliphatic heterocycles. The number of carbonyl (C=O) groups is 2. The molecule has 2 nitrogen and oxygen atoms in total. The summed E-state index contributed by atoms with van der Waals surface area (Å²) in [4.78, 5) is 26.6. The maximum absolute atomic E-state index is 13.3. The Labute approximate surface area is 136 Å². The largest absolute Gasteiger partial charge is 0.293 e. The molecule has 0 N–H and O–H groups in total. The van der Waals surface area contributed by atoms with Crippen molar-refractivity contribution < 1.29 is 9.59 Å². The number of rotatable bonds is 4. The molecule has 0 heterocycles. The fourth-order valence-corrected chi connectivity index (χ4v) is 4.56. The molecule has 2 aromatic carbocycles. The van der Waals surface area contributed by atoms with Crippen molar-refractivity contribution in [3.8, 4) is 0 Å². The minimum Gasteiger partial charge on any atom is -0.293 e. The quantitative estimate of drug-likeness (QED) is 0.613. The summed E-state index contributed by atoms with van der Waals surface area (Å²) in [6.45, 7) is 0. The van der Waals surface area contributed by atoms with Crippen molar-refractivity contribution in [3.05, 3.63) is 71.8 Å². The van der Waals surface area contributed by atoms with Gasteiger partial charge < -0.3 is 0 Å². The minimum absolute atomic E-state index is 0.0313. The fourth-order valence-electron chi connectivity index (χ4n) is 4.56. The molecule has 0 amide bonds. The van der Waals surface area contributed by atoms with E-state index in [2.05, 4.69) is 0 Å². The van der Waals surface area contributed by atoms with Gasteiger partial charge in [0.2, 0.25) is 0 Å². The third-order valence-electron chi connectivity index (χ3n) is 5.65. The van der Waals surface area contributed by atoms with E-state index in [0.717, 1.165) is 25.7 Å². The summed E-state index contributed by atoms with van der Waals surface area (Å²) < 4.78 is 0. The number of hydrogen-bond acceptors (Lipinski definition) is 2. The van der Waals surface area contributed by atoms with Crippen LogP contribution in [0, 0.1) is 17.3 Å². The minimum atomic E-state index is -0.806. The standard InChI is InChI=1S/C21H20O2/c22-19(15-9-3-1-4-10-15)21(17-13-7-8-14-18(17)21)20(23)16-11-5-2-6-12-16/h1-6,9-12,17-18H,7-8,13-14H2/t17-,18+. The van der Waals surface area contributed by atoms with Gasteiger partial charge in [-0.2, -0.15) is 0 Å². The van der Waals surface area contributed by atoms with E-state index in [0.29, 0.717) is 11.1 Å². The lowest BCUT2D eigenvalue weighted by molar-refractivity contribution is 0.0754. The van der Waals surface area contributed by atoms with E-state index in [9.17, 15) is 9.59 Å². The highest BCUT2D eigenvalue weighted by Crippen LogP contribution is 2.67. The third-order valence-corrected chi connectivity index (χ3v) is 5.65. The van der Waals surface area contributed by atoms with Crippen molar-refractivity contribution in [2.24, 2.45) is 17.3 Å². The molecule has 0 saturated heterocycles. The normalized spacial score (nSPS) is 24.5. The molecule has 2 heteroatoms. The average Bonchev–Trinajstić information content (AvgIpc) is 3.32. The van der Waals surface area contributed by atoms with E-state index in [4.69, 9.17) is 0 Å². The maximum atomic E-state index is 13.3. The number of hydrogen-bond donors (Lipinski definition) is 0. The van der Waals surface area contributed by atoms with E-state index >= 15 is 0 Å². The van der Waals surface area contributed by atoms with Crippen molar-refractivity contribution in [3.63, 3.8) is 0 Å². The Kier molecular flexibility index (Phi) is 3.41. The number of ketones is 2. The van der Waals surface area contributed by atoms with Crippen LogP contribution in [0.1, 0.15) is 46.4 Å². The highest BCUT2D eigenvalue weighted by Gasteiger charge is 2.72. The first kappa shape index (κ1) is 14.4. The highest BCUT2D eigenvalue weighted by molar-refractivity contribution is 6.22. The predicted octanol–water partition coefficient (Wildman–Crippen LogP) is 4.56. The maximum Gasteiger partial charge on any atom is 0.177 e. The van der Waals surface area contributed by atoms with Crippen LogP contribution in [-0.2, 0) is 0 Å². The van der Waals surface area contributed by atoms with Crippen molar-refractivity contribution >= 4 is 11.6 Å². The number of benzene rings is 2. The van der Waals surface area contributed by atoms with Crippen LogP contribution >= 0.6 is 0 Å². The van der Waals surface area contributed by atoms with Crippen LogP contribution in [0.25, 0.3) is 0 Å². The van der Waals surface area contributed by atoms with Crippen LogP contribution in [0.4, 0.5) is 0 Å². The summed E-state index contributed by atoms with van der Waals surface area (Å²) in [5, 5.41) is 0. The molecule has 2 aliphatic carbocycles. The van der Waals surface area contributed by atoms with Crippen LogP contribution in [0.15, 0.2) is 60.7 Å². The van der Waals surface area contributed by atoms with Crippen molar-refractivity contribution in [1.82, 2.24) is 0 Å². The molecule has 23 heavy (non-hydrogen) atoms. The van der Waals surface area contributed by atoms with Gasteiger partial charge in [-0.3, -0.25) is 9.59 Å². The van der Waals surface area contributed by atoms with Crippen LogP contribution in [0.2, 0.25) is 0 Å². The lowest BCUT2D eigenvalue weighted by Gasteiger charge is -2.16. The summed E-state index contributed by atoms with van der Waals surface area (Å²) in [5.41, 5.74) is 0.538. The molecule has 4 rings (SSSR count). The van der Waals surface area contributed by atoms with Crippen molar-refractivity contribution in [1.29, 1.82) is 0 Å². The Morgan fingerprint density at radius 1 is 0.696 bits per heavy atom. The summed E-state index contributed by atoms with van der Waals surface area (Å²) >= 11 is 0. The van der Waals surface area contributed by atoms with E-state index in [1.54, 1.807) is 0 Å². The Morgan fingerprint density at radius 3 is 1.48 bits per heavy atom. The molecule has 116 valence electrons. The number of carbonyl (C=O) groups excluding carboxylic acids is 2. The molecule has 2 fully saturated rings. The summed E-state index contributed by atoms with van der Waals surface area (Å²) in [7, 11) is 0. The number of fused-ring (bicyclic) bond motifs is 1. The molecule has 2 aromatic rings. The van der Waals surface area contributed by atoms with Gasteiger partial charge in [0.15, 0.2) is 11.6 Å². The van der Waals surface area contributed by atoms with Gasteiger partial charge in [0.1, 0.15) is 5.41 Å². The van der Waals surface area contributed by atoms with E-state index in [1.165, 1.54) is 0 Å². The lowest BCUT2D eigenvalue weighted by Crippen LogP contribution is -2.30. The first-order valence-electron chi connectivity index (χ1n) is 8.46. The Hall–Kier alpha value is -2.22. The molecule has 0 spiro atoms. The molecule has 2 atom stereocenters. The van der Waals surface area contributed by atoms with Gasteiger partial charge in [0.05, 0.1) is 0 Å². The van der Waals surface area contributed by atoms with E-state index in [-0.39, 0.29) is 23.4 Å². The van der Waals surface area contributed by atoms with E-state index < -0.39 is 5.41 Å². The first-order chi connectivity index (χ1) is 11.3. The smallest absolute Gasteiger partial charge is 0.177 e. The average molecular weight is 304 g/mol. The topological polar surface area (TPSA) is 34.1 Å². The Morgan fingerprint density at radius 2 is 1.09 bits per heavy atom. The Balaban J connectivity index is 1.78. The monoisotopic (exact) mass is 304 g/mol. The van der Waals surface area contributed by atoms with Gasteiger partial charge in [-0.05, 0) is 24.7 Å². The van der Waals surface area contributed by atoms with Crippen molar-refractivity contribution in [2.45, 2.75) is 25.7 Å². The number of Topliss-reactive ketones (excluding diaryl/α,β-unsaturated/α-hetero) is 2. The molecule has 2 aliphatic rings. The van der Waals surface area contributed by atoms with Crippen LogP contribution < -0.4 is 0 Å². The third kappa shape index (κ3) is 2.08. The van der Waals surface area contributed by atoms with Gasteiger partial charge in [-0.15, -0.1) is 0 Å². The molecule has 2 saturated carbocycles. The molecule has 0 aromatic heterocycles. The lowest BCUT2D eigenvalue weighted by atomic mass is 9.83. The SMILES string of the molecule is O=C(c1ccccc1)C1(C(=O)c2ccccc2)[C@@H]2CCCC[C@@H]21. The second kappa shape index (κ2) is 5.45. The Bertz CT molecular complexity index is 667. The second-order valence-electron chi connectivity index (χ2n) is 6.76.